The molecule has 2 amide bonds. The van der Waals surface area contributed by atoms with Crippen molar-refractivity contribution in [3.05, 3.63) is 22.9 Å². The molecule has 2 aliphatic rings. The van der Waals surface area contributed by atoms with Gasteiger partial charge in [0.05, 0.1) is 10.8 Å². The van der Waals surface area contributed by atoms with E-state index in [9.17, 15) is 14.9 Å². The Morgan fingerprint density at radius 1 is 1.38 bits per heavy atom. The molecular formula is C15H15N3O2S. The molecule has 2 heterocycles. The van der Waals surface area contributed by atoms with Crippen molar-refractivity contribution < 1.29 is 9.59 Å². The van der Waals surface area contributed by atoms with Crippen molar-refractivity contribution in [1.82, 2.24) is 9.88 Å². The number of amides is 2. The number of imide groups is 1. The predicted octanol–water partition coefficient (Wildman–Crippen LogP) is 1.68. The lowest BCUT2D eigenvalue weighted by Gasteiger charge is -2.17. The predicted molar refractivity (Wildman–Crippen MR) is 77.6 cm³/mol. The number of thioether (sulfide) groups is 1. The van der Waals surface area contributed by atoms with Crippen LogP contribution >= 0.6 is 11.8 Å². The zero-order chi connectivity index (χ0) is 15.0. The zero-order valence-corrected chi connectivity index (χ0v) is 12.6. The van der Waals surface area contributed by atoms with E-state index in [4.69, 9.17) is 0 Å². The smallest absolute Gasteiger partial charge is 0.242 e. The van der Waals surface area contributed by atoms with Crippen LogP contribution in [-0.2, 0) is 22.4 Å². The van der Waals surface area contributed by atoms with Crippen molar-refractivity contribution in [1.29, 1.82) is 5.26 Å². The lowest BCUT2D eigenvalue weighted by molar-refractivity contribution is -0.136. The van der Waals surface area contributed by atoms with Crippen LogP contribution in [0.4, 0.5) is 0 Å². The van der Waals surface area contributed by atoms with Gasteiger partial charge < -0.3 is 0 Å². The summed E-state index contributed by atoms with van der Waals surface area (Å²) in [5, 5.41) is 9.43. The van der Waals surface area contributed by atoms with E-state index in [0.29, 0.717) is 10.6 Å². The maximum atomic E-state index is 12.0. The van der Waals surface area contributed by atoms with E-state index in [1.807, 2.05) is 6.07 Å². The largest absolute Gasteiger partial charge is 0.285 e. The topological polar surface area (TPSA) is 74.1 Å². The van der Waals surface area contributed by atoms with Gasteiger partial charge in [0.2, 0.25) is 11.8 Å². The number of nitriles is 1. The lowest BCUT2D eigenvalue weighted by Crippen LogP contribution is -2.26. The van der Waals surface area contributed by atoms with Crippen molar-refractivity contribution in [3.63, 3.8) is 0 Å². The van der Waals surface area contributed by atoms with E-state index in [0.717, 1.165) is 41.8 Å². The molecule has 6 heteroatoms. The molecule has 108 valence electrons. The van der Waals surface area contributed by atoms with Gasteiger partial charge in [0.1, 0.15) is 11.1 Å². The maximum Gasteiger partial charge on any atom is 0.242 e. The van der Waals surface area contributed by atoms with Gasteiger partial charge in [-0.15, -0.1) is 0 Å². The van der Waals surface area contributed by atoms with E-state index in [1.54, 1.807) is 0 Å². The second-order valence-electron chi connectivity index (χ2n) is 5.37. The molecular weight excluding hydrogens is 286 g/mol. The van der Waals surface area contributed by atoms with Crippen LogP contribution in [0.25, 0.3) is 0 Å². The Balaban J connectivity index is 1.90. The van der Waals surface area contributed by atoms with Crippen LogP contribution in [-0.4, -0.2) is 34.0 Å². The highest BCUT2D eigenvalue weighted by molar-refractivity contribution is 8.00. The van der Waals surface area contributed by atoms with Crippen molar-refractivity contribution >= 4 is 23.6 Å². The van der Waals surface area contributed by atoms with Crippen molar-refractivity contribution in [3.8, 4) is 6.07 Å². The Labute approximate surface area is 127 Å². The number of hydrogen-bond acceptors (Lipinski definition) is 5. The fraction of sp³-hybridized carbons (Fsp3) is 0.467. The Hall–Kier alpha value is -1.87. The van der Waals surface area contributed by atoms with Crippen LogP contribution in [0.2, 0.25) is 0 Å². The van der Waals surface area contributed by atoms with E-state index < -0.39 is 5.25 Å². The van der Waals surface area contributed by atoms with Crippen LogP contribution in [0.1, 0.15) is 36.1 Å². The Bertz CT molecular complexity index is 666. The van der Waals surface area contributed by atoms with Crippen LogP contribution in [0, 0.1) is 11.3 Å². The summed E-state index contributed by atoms with van der Waals surface area (Å²) < 4.78 is 0. The van der Waals surface area contributed by atoms with Gasteiger partial charge in [-0.1, -0.05) is 11.8 Å². The first-order valence-electron chi connectivity index (χ1n) is 7.00. The first kappa shape index (κ1) is 14.1. The molecule has 0 N–H and O–H groups in total. The number of nitrogens with zero attached hydrogens (tertiary/aromatic N) is 3. The fourth-order valence-electron chi connectivity index (χ4n) is 2.73. The summed E-state index contributed by atoms with van der Waals surface area (Å²) >= 11 is 1.25. The van der Waals surface area contributed by atoms with Crippen LogP contribution in [0.5, 0.6) is 0 Å². The summed E-state index contributed by atoms with van der Waals surface area (Å²) in [7, 11) is 1.50. The molecule has 0 radical (unpaired) electrons. The summed E-state index contributed by atoms with van der Waals surface area (Å²) in [6.45, 7) is 0. The van der Waals surface area contributed by atoms with Gasteiger partial charge in [0.15, 0.2) is 0 Å². The maximum absolute atomic E-state index is 12.0. The minimum Gasteiger partial charge on any atom is -0.285 e. The molecule has 1 aliphatic carbocycles. The van der Waals surface area contributed by atoms with Crippen molar-refractivity contribution in [2.45, 2.75) is 42.4 Å². The van der Waals surface area contributed by atoms with E-state index in [2.05, 4.69) is 11.1 Å². The first-order valence-corrected chi connectivity index (χ1v) is 7.88. The quantitative estimate of drug-likeness (QED) is 0.777. The molecule has 1 aliphatic heterocycles. The van der Waals surface area contributed by atoms with Gasteiger partial charge >= 0.3 is 0 Å². The number of pyridine rings is 1. The third-order valence-electron chi connectivity index (χ3n) is 3.98. The van der Waals surface area contributed by atoms with E-state index >= 15 is 0 Å². The molecule has 0 bridgehead atoms. The Morgan fingerprint density at radius 3 is 2.81 bits per heavy atom. The highest BCUT2D eigenvalue weighted by Crippen LogP contribution is 2.33. The average molecular weight is 301 g/mol. The van der Waals surface area contributed by atoms with E-state index in [-0.39, 0.29) is 18.2 Å². The molecule has 3 rings (SSSR count). The summed E-state index contributed by atoms with van der Waals surface area (Å²) in [4.78, 5) is 29.3. The zero-order valence-electron chi connectivity index (χ0n) is 11.8. The lowest BCUT2D eigenvalue weighted by atomic mass is 9.95. The molecule has 1 fully saturated rings. The van der Waals surface area contributed by atoms with E-state index in [1.165, 1.54) is 18.8 Å². The van der Waals surface area contributed by atoms with Crippen molar-refractivity contribution in [2.75, 3.05) is 7.05 Å². The third-order valence-corrected chi connectivity index (χ3v) is 5.17. The number of carbonyl (C=O) groups is 2. The molecule has 1 saturated heterocycles. The summed E-state index contributed by atoms with van der Waals surface area (Å²) in [6.07, 6.45) is 4.31. The molecule has 1 aromatic rings. The molecule has 1 aromatic heterocycles. The number of likely N-dealkylation sites (tertiary alicyclic amines) is 1. The fourth-order valence-corrected chi connectivity index (χ4v) is 3.88. The number of aryl methyl sites for hydroxylation is 2. The molecule has 0 saturated carbocycles. The molecule has 1 atom stereocenters. The van der Waals surface area contributed by atoms with Gasteiger partial charge in [0, 0.05) is 19.2 Å². The Kier molecular flexibility index (Phi) is 3.68. The second kappa shape index (κ2) is 5.49. The highest BCUT2D eigenvalue weighted by Gasteiger charge is 2.37. The summed E-state index contributed by atoms with van der Waals surface area (Å²) in [5.41, 5.74) is 2.69. The average Bonchev–Trinajstić information content (AvgIpc) is 2.74. The molecule has 5 nitrogen and oxygen atoms in total. The summed E-state index contributed by atoms with van der Waals surface area (Å²) in [5.74, 6) is -0.373. The Morgan fingerprint density at radius 2 is 2.14 bits per heavy atom. The van der Waals surface area contributed by atoms with Gasteiger partial charge in [-0.25, -0.2) is 4.98 Å². The van der Waals surface area contributed by atoms with Crippen LogP contribution in [0.15, 0.2) is 11.1 Å². The van der Waals surface area contributed by atoms with Crippen molar-refractivity contribution in [2.24, 2.45) is 0 Å². The standard InChI is InChI=1S/C15H15N3O2S/c1-18-13(19)7-12(15(18)20)21-14-10(8-16)6-9-4-2-3-5-11(9)17-14/h6,12H,2-5,7H2,1H3. The summed E-state index contributed by atoms with van der Waals surface area (Å²) in [6, 6.07) is 4.06. The highest BCUT2D eigenvalue weighted by atomic mass is 32.2. The number of rotatable bonds is 2. The van der Waals surface area contributed by atoms with Crippen LogP contribution < -0.4 is 0 Å². The third kappa shape index (κ3) is 2.54. The van der Waals surface area contributed by atoms with Gasteiger partial charge in [-0.05, 0) is 37.3 Å². The number of carbonyl (C=O) groups excluding carboxylic acids is 2. The first-order chi connectivity index (χ1) is 10.1. The molecule has 21 heavy (non-hydrogen) atoms. The van der Waals surface area contributed by atoms with Gasteiger partial charge in [0.25, 0.3) is 0 Å². The number of hydrogen-bond donors (Lipinski definition) is 0. The SMILES string of the molecule is CN1C(=O)CC(Sc2nc3c(cc2C#N)CCCC3)C1=O. The van der Waals surface area contributed by atoms with Crippen LogP contribution in [0.3, 0.4) is 0 Å². The van der Waals surface area contributed by atoms with Gasteiger partial charge in [-0.3, -0.25) is 14.5 Å². The minimum absolute atomic E-state index is 0.172. The molecule has 0 spiro atoms. The normalized spacial score (nSPS) is 21.3. The number of aromatic nitrogens is 1. The second-order valence-corrected chi connectivity index (χ2v) is 6.56. The monoisotopic (exact) mass is 301 g/mol. The number of fused-ring (bicyclic) bond motifs is 1. The van der Waals surface area contributed by atoms with Gasteiger partial charge in [-0.2, -0.15) is 5.26 Å². The molecule has 0 aromatic carbocycles. The molecule has 1 unspecified atom stereocenters. The minimum atomic E-state index is -0.455.